The summed E-state index contributed by atoms with van der Waals surface area (Å²) in [5.41, 5.74) is 6.97. The van der Waals surface area contributed by atoms with E-state index in [9.17, 15) is 4.79 Å². The van der Waals surface area contributed by atoms with Crippen molar-refractivity contribution in [2.75, 3.05) is 0 Å². The van der Waals surface area contributed by atoms with Crippen LogP contribution in [0.1, 0.15) is 50.5 Å². The van der Waals surface area contributed by atoms with Crippen LogP contribution in [0.15, 0.2) is 34.9 Å². The second-order valence-electron chi connectivity index (χ2n) is 6.18. The third-order valence-electron chi connectivity index (χ3n) is 3.49. The number of amides is 1. The van der Waals surface area contributed by atoms with Gasteiger partial charge in [0.2, 0.25) is 11.8 Å². The molecule has 1 heterocycles. The Labute approximate surface area is 136 Å². The van der Waals surface area contributed by atoms with Crippen LogP contribution in [-0.2, 0) is 11.2 Å². The average molecular weight is 316 g/mol. The Kier molecular flexibility index (Phi) is 5.87. The van der Waals surface area contributed by atoms with Crippen molar-refractivity contribution in [3.8, 4) is 0 Å². The molecule has 23 heavy (non-hydrogen) atoms. The molecule has 3 N–H and O–H groups in total. The number of benzene rings is 1. The van der Waals surface area contributed by atoms with E-state index >= 15 is 0 Å². The molecule has 0 aliphatic heterocycles. The minimum absolute atomic E-state index is 0.194. The van der Waals surface area contributed by atoms with E-state index in [4.69, 9.17) is 10.3 Å². The van der Waals surface area contributed by atoms with Gasteiger partial charge in [-0.25, -0.2) is 0 Å². The van der Waals surface area contributed by atoms with E-state index in [0.29, 0.717) is 30.5 Å². The smallest absolute Gasteiger partial charge is 0.237 e. The summed E-state index contributed by atoms with van der Waals surface area (Å²) in [4.78, 5) is 16.4. The first kappa shape index (κ1) is 17.1. The lowest BCUT2D eigenvalue weighted by atomic mass is 10.0. The van der Waals surface area contributed by atoms with E-state index in [1.54, 1.807) is 0 Å². The Morgan fingerprint density at radius 2 is 1.96 bits per heavy atom. The fraction of sp³-hybridized carbons (Fsp3) is 0.471. The number of nitrogens with one attached hydrogen (secondary N) is 1. The molecule has 1 aromatic heterocycles. The lowest BCUT2D eigenvalue weighted by Gasteiger charge is -2.16. The lowest BCUT2D eigenvalue weighted by molar-refractivity contribution is -0.123. The maximum Gasteiger partial charge on any atom is 0.237 e. The quantitative estimate of drug-likeness (QED) is 0.816. The zero-order valence-electron chi connectivity index (χ0n) is 13.8. The summed E-state index contributed by atoms with van der Waals surface area (Å²) in [6, 6.07) is 9.03. The number of rotatable bonds is 7. The molecule has 0 spiro atoms. The van der Waals surface area contributed by atoms with Crippen LogP contribution < -0.4 is 11.1 Å². The standard InChI is InChI=1S/C17H24N4O2/c1-11(2)9-14(18)17(22)19-12(3)16-20-15(23-21-16)10-13-7-5-4-6-8-13/h4-8,11-12,14H,9-10,18H2,1-3H3,(H,19,22)/t12?,14-/m0/s1. The molecule has 0 fully saturated rings. The van der Waals surface area contributed by atoms with Gasteiger partial charge in [0.1, 0.15) is 0 Å². The zero-order chi connectivity index (χ0) is 16.8. The second kappa shape index (κ2) is 7.87. The molecule has 1 aromatic carbocycles. The number of nitrogens with two attached hydrogens (primary N) is 1. The van der Waals surface area contributed by atoms with Crippen molar-refractivity contribution < 1.29 is 9.32 Å². The van der Waals surface area contributed by atoms with Crippen molar-refractivity contribution in [1.29, 1.82) is 0 Å². The van der Waals surface area contributed by atoms with Gasteiger partial charge in [-0.3, -0.25) is 4.79 Å². The van der Waals surface area contributed by atoms with Gasteiger partial charge in [-0.15, -0.1) is 0 Å². The molecule has 0 bridgehead atoms. The largest absolute Gasteiger partial charge is 0.345 e. The molecule has 0 aliphatic carbocycles. The van der Waals surface area contributed by atoms with Gasteiger partial charge in [-0.05, 0) is 24.8 Å². The van der Waals surface area contributed by atoms with E-state index in [0.717, 1.165) is 5.56 Å². The number of aromatic nitrogens is 2. The molecule has 0 aliphatic rings. The van der Waals surface area contributed by atoms with Gasteiger partial charge >= 0.3 is 0 Å². The number of hydrogen-bond acceptors (Lipinski definition) is 5. The molecule has 6 heteroatoms. The predicted molar refractivity (Wildman–Crippen MR) is 87.5 cm³/mol. The molecular weight excluding hydrogens is 292 g/mol. The Balaban J connectivity index is 1.93. The Hall–Kier alpha value is -2.21. The van der Waals surface area contributed by atoms with Gasteiger partial charge in [-0.2, -0.15) is 4.98 Å². The Morgan fingerprint density at radius 1 is 1.26 bits per heavy atom. The minimum Gasteiger partial charge on any atom is -0.345 e. The van der Waals surface area contributed by atoms with Gasteiger partial charge in [0.05, 0.1) is 18.5 Å². The molecule has 2 atom stereocenters. The van der Waals surface area contributed by atoms with Gasteiger partial charge in [0.15, 0.2) is 5.82 Å². The first-order valence-corrected chi connectivity index (χ1v) is 7.88. The highest BCUT2D eigenvalue weighted by Gasteiger charge is 2.20. The summed E-state index contributed by atoms with van der Waals surface area (Å²) in [5, 5.41) is 6.77. The fourth-order valence-electron chi connectivity index (χ4n) is 2.29. The van der Waals surface area contributed by atoms with Crippen molar-refractivity contribution in [1.82, 2.24) is 15.5 Å². The highest BCUT2D eigenvalue weighted by molar-refractivity contribution is 5.81. The number of nitrogens with zero attached hydrogens (tertiary/aromatic N) is 2. The molecule has 2 aromatic rings. The van der Waals surface area contributed by atoms with Crippen LogP contribution in [0, 0.1) is 5.92 Å². The summed E-state index contributed by atoms with van der Waals surface area (Å²) in [5.74, 6) is 1.16. The van der Waals surface area contributed by atoms with Crippen molar-refractivity contribution in [3.63, 3.8) is 0 Å². The summed E-state index contributed by atoms with van der Waals surface area (Å²) >= 11 is 0. The lowest BCUT2D eigenvalue weighted by Crippen LogP contribution is -2.42. The van der Waals surface area contributed by atoms with E-state index < -0.39 is 6.04 Å². The molecule has 0 saturated carbocycles. The first-order chi connectivity index (χ1) is 11.0. The third kappa shape index (κ3) is 5.17. The van der Waals surface area contributed by atoms with E-state index in [-0.39, 0.29) is 11.9 Å². The van der Waals surface area contributed by atoms with Crippen LogP contribution >= 0.6 is 0 Å². The highest BCUT2D eigenvalue weighted by atomic mass is 16.5. The van der Waals surface area contributed by atoms with E-state index in [1.165, 1.54) is 0 Å². The average Bonchev–Trinajstić information content (AvgIpc) is 2.96. The van der Waals surface area contributed by atoms with Crippen molar-refractivity contribution >= 4 is 5.91 Å². The van der Waals surface area contributed by atoms with Crippen molar-refractivity contribution in [2.45, 2.75) is 45.7 Å². The maximum atomic E-state index is 12.0. The number of carbonyl (C=O) groups excluding carboxylic acids is 1. The van der Waals surface area contributed by atoms with E-state index in [1.807, 2.05) is 51.1 Å². The summed E-state index contributed by atoms with van der Waals surface area (Å²) in [6.45, 7) is 5.88. The molecule has 124 valence electrons. The second-order valence-corrected chi connectivity index (χ2v) is 6.18. The van der Waals surface area contributed by atoms with Gasteiger partial charge in [-0.1, -0.05) is 49.3 Å². The predicted octanol–water partition coefficient (Wildman–Crippen LogP) is 2.21. The van der Waals surface area contributed by atoms with Gasteiger partial charge in [0.25, 0.3) is 0 Å². The summed E-state index contributed by atoms with van der Waals surface area (Å²) in [7, 11) is 0. The van der Waals surface area contributed by atoms with Gasteiger partial charge < -0.3 is 15.6 Å². The first-order valence-electron chi connectivity index (χ1n) is 7.88. The van der Waals surface area contributed by atoms with Gasteiger partial charge in [0, 0.05) is 0 Å². The summed E-state index contributed by atoms with van der Waals surface area (Å²) in [6.07, 6.45) is 1.21. The SMILES string of the molecule is CC(C)C[C@H](N)C(=O)NC(C)c1noc(Cc2ccccc2)n1. The van der Waals surface area contributed by atoms with Crippen LogP contribution in [0.4, 0.5) is 0 Å². The Bertz CT molecular complexity index is 625. The molecule has 0 saturated heterocycles. The Morgan fingerprint density at radius 3 is 2.61 bits per heavy atom. The van der Waals surface area contributed by atoms with Crippen LogP contribution in [-0.4, -0.2) is 22.1 Å². The molecule has 0 radical (unpaired) electrons. The highest BCUT2D eigenvalue weighted by Crippen LogP contribution is 2.12. The molecule has 1 amide bonds. The van der Waals surface area contributed by atoms with Crippen LogP contribution in [0.5, 0.6) is 0 Å². The van der Waals surface area contributed by atoms with Crippen molar-refractivity contribution in [3.05, 3.63) is 47.6 Å². The molecule has 1 unspecified atom stereocenters. The third-order valence-corrected chi connectivity index (χ3v) is 3.49. The normalized spacial score (nSPS) is 13.8. The molecule has 2 rings (SSSR count). The van der Waals surface area contributed by atoms with Crippen molar-refractivity contribution in [2.24, 2.45) is 11.7 Å². The van der Waals surface area contributed by atoms with E-state index in [2.05, 4.69) is 15.5 Å². The van der Waals surface area contributed by atoms with Crippen LogP contribution in [0.2, 0.25) is 0 Å². The van der Waals surface area contributed by atoms with Crippen LogP contribution in [0.3, 0.4) is 0 Å². The maximum absolute atomic E-state index is 12.0. The minimum atomic E-state index is -0.520. The molecule has 6 nitrogen and oxygen atoms in total. The summed E-state index contributed by atoms with van der Waals surface area (Å²) < 4.78 is 5.25. The number of hydrogen-bond donors (Lipinski definition) is 2. The number of carbonyl (C=O) groups is 1. The zero-order valence-corrected chi connectivity index (χ0v) is 13.8. The topological polar surface area (TPSA) is 94.0 Å². The monoisotopic (exact) mass is 316 g/mol. The fourth-order valence-corrected chi connectivity index (χ4v) is 2.29. The van der Waals surface area contributed by atoms with Crippen LogP contribution in [0.25, 0.3) is 0 Å². The molecular formula is C17H24N4O2.